The van der Waals surface area contributed by atoms with Crippen molar-refractivity contribution in [2.24, 2.45) is 0 Å². The van der Waals surface area contributed by atoms with Crippen molar-refractivity contribution in [1.29, 1.82) is 0 Å². The minimum atomic E-state index is 0.620. The Balaban J connectivity index is 1.30. The molecule has 9 aromatic rings. The maximum Gasteiger partial charge on any atom is 0.164 e. The van der Waals surface area contributed by atoms with Gasteiger partial charge >= 0.3 is 0 Å². The van der Waals surface area contributed by atoms with Crippen molar-refractivity contribution >= 4 is 32.8 Å². The fourth-order valence-corrected chi connectivity index (χ4v) is 6.32. The molecule has 0 saturated heterocycles. The van der Waals surface area contributed by atoms with E-state index in [4.69, 9.17) is 19.9 Å². The van der Waals surface area contributed by atoms with Gasteiger partial charge in [0.15, 0.2) is 17.5 Å². The normalized spacial score (nSPS) is 11.5. The second-order valence-corrected chi connectivity index (χ2v) is 11.2. The highest BCUT2D eigenvalue weighted by Crippen LogP contribution is 2.38. The molecular weight excluding hydrogens is 564 g/mol. The van der Waals surface area contributed by atoms with Crippen LogP contribution >= 0.6 is 0 Å². The van der Waals surface area contributed by atoms with Crippen molar-refractivity contribution in [3.8, 4) is 45.5 Å². The lowest BCUT2D eigenvalue weighted by atomic mass is 10.1. The smallest absolute Gasteiger partial charge is 0.164 e. The predicted octanol–water partition coefficient (Wildman–Crippen LogP) is 9.31. The quantitative estimate of drug-likeness (QED) is 0.200. The zero-order valence-corrected chi connectivity index (χ0v) is 24.7. The molecule has 216 valence electrons. The number of hydrogen-bond donors (Lipinski definition) is 0. The van der Waals surface area contributed by atoms with Gasteiger partial charge in [0.25, 0.3) is 0 Å². The lowest BCUT2D eigenvalue weighted by Gasteiger charge is -2.13. The van der Waals surface area contributed by atoms with Crippen LogP contribution in [0.5, 0.6) is 0 Å². The zero-order valence-electron chi connectivity index (χ0n) is 24.7. The van der Waals surface area contributed by atoms with E-state index in [0.29, 0.717) is 17.5 Å². The van der Waals surface area contributed by atoms with Crippen LogP contribution in [0.3, 0.4) is 0 Å². The molecule has 0 amide bonds. The number of para-hydroxylation sites is 2. The van der Waals surface area contributed by atoms with Crippen molar-refractivity contribution < 1.29 is 0 Å². The van der Waals surface area contributed by atoms with Crippen LogP contribution < -0.4 is 0 Å². The van der Waals surface area contributed by atoms with E-state index in [1.165, 1.54) is 10.8 Å². The average molecular weight is 591 g/mol. The van der Waals surface area contributed by atoms with E-state index in [0.717, 1.165) is 50.1 Å². The van der Waals surface area contributed by atoms with Crippen molar-refractivity contribution in [1.82, 2.24) is 29.1 Å². The Bertz CT molecular complexity index is 2460. The molecule has 3 heterocycles. The van der Waals surface area contributed by atoms with Crippen LogP contribution in [0.2, 0.25) is 0 Å². The van der Waals surface area contributed by atoms with E-state index in [2.05, 4.69) is 94.1 Å². The maximum atomic E-state index is 5.00. The Kier molecular flexibility index (Phi) is 6.03. The molecule has 0 spiro atoms. The molecule has 0 bridgehead atoms. The van der Waals surface area contributed by atoms with Gasteiger partial charge in [0.2, 0.25) is 0 Å². The Morgan fingerprint density at radius 3 is 1.67 bits per heavy atom. The first kappa shape index (κ1) is 26.0. The van der Waals surface area contributed by atoms with Crippen molar-refractivity contribution in [2.75, 3.05) is 0 Å². The molecule has 0 radical (unpaired) electrons. The fraction of sp³-hybridized carbons (Fsp3) is 0. The predicted molar refractivity (Wildman–Crippen MR) is 185 cm³/mol. The van der Waals surface area contributed by atoms with Gasteiger partial charge in [-0.1, -0.05) is 109 Å². The molecule has 0 aliphatic rings. The first-order valence-electron chi connectivity index (χ1n) is 15.2. The van der Waals surface area contributed by atoms with Crippen LogP contribution in [0.25, 0.3) is 78.4 Å². The SMILES string of the molecule is c1ccc(-c2nc(-c3ccccc3)nc(-c3cccc(-n4c5ccccc5c5ccc6ncn(-c7ccccc7)c6c54)c3)n2)cc1. The molecule has 0 N–H and O–H groups in total. The Labute approximate surface area is 264 Å². The summed E-state index contributed by atoms with van der Waals surface area (Å²) in [6, 6.07) is 51.9. The zero-order chi connectivity index (χ0) is 30.5. The van der Waals surface area contributed by atoms with Crippen LogP contribution in [-0.2, 0) is 0 Å². The van der Waals surface area contributed by atoms with E-state index < -0.39 is 0 Å². The molecule has 0 aliphatic heterocycles. The number of aromatic nitrogens is 6. The van der Waals surface area contributed by atoms with E-state index >= 15 is 0 Å². The Morgan fingerprint density at radius 2 is 0.978 bits per heavy atom. The van der Waals surface area contributed by atoms with E-state index in [1.54, 1.807) is 0 Å². The van der Waals surface area contributed by atoms with Gasteiger partial charge in [0.1, 0.15) is 6.33 Å². The van der Waals surface area contributed by atoms with Crippen molar-refractivity contribution in [3.63, 3.8) is 0 Å². The summed E-state index contributed by atoms with van der Waals surface area (Å²) in [5.41, 5.74) is 9.09. The van der Waals surface area contributed by atoms with Gasteiger partial charge in [-0.15, -0.1) is 0 Å². The van der Waals surface area contributed by atoms with Gasteiger partial charge in [-0.3, -0.25) is 4.57 Å². The molecule has 0 fully saturated rings. The summed E-state index contributed by atoms with van der Waals surface area (Å²) in [5, 5.41) is 2.35. The third-order valence-corrected chi connectivity index (χ3v) is 8.44. The highest BCUT2D eigenvalue weighted by molar-refractivity contribution is 6.17. The average Bonchev–Trinajstić information content (AvgIpc) is 3.72. The Hall–Kier alpha value is -6.40. The molecule has 0 saturated carbocycles. The summed E-state index contributed by atoms with van der Waals surface area (Å²) < 4.78 is 4.52. The second kappa shape index (κ2) is 10.6. The molecule has 6 aromatic carbocycles. The van der Waals surface area contributed by atoms with Gasteiger partial charge in [0, 0.05) is 38.8 Å². The number of hydrogen-bond acceptors (Lipinski definition) is 4. The minimum absolute atomic E-state index is 0.620. The molecule has 6 nitrogen and oxygen atoms in total. The molecule has 3 aromatic heterocycles. The van der Waals surface area contributed by atoms with Gasteiger partial charge in [-0.25, -0.2) is 19.9 Å². The van der Waals surface area contributed by atoms with Crippen molar-refractivity contribution in [3.05, 3.63) is 158 Å². The van der Waals surface area contributed by atoms with Crippen LogP contribution in [-0.4, -0.2) is 29.1 Å². The molecule has 6 heteroatoms. The number of nitrogens with zero attached hydrogens (tertiary/aromatic N) is 6. The van der Waals surface area contributed by atoms with Gasteiger partial charge in [0.05, 0.1) is 22.1 Å². The maximum absolute atomic E-state index is 5.00. The van der Waals surface area contributed by atoms with Gasteiger partial charge in [-0.2, -0.15) is 0 Å². The lowest BCUT2D eigenvalue weighted by Crippen LogP contribution is -2.01. The van der Waals surface area contributed by atoms with Crippen LogP contribution in [0.4, 0.5) is 0 Å². The van der Waals surface area contributed by atoms with Crippen LogP contribution in [0.1, 0.15) is 0 Å². The molecule has 0 unspecified atom stereocenters. The van der Waals surface area contributed by atoms with Gasteiger partial charge < -0.3 is 4.57 Å². The monoisotopic (exact) mass is 590 g/mol. The van der Waals surface area contributed by atoms with E-state index in [9.17, 15) is 0 Å². The minimum Gasteiger partial charge on any atom is -0.307 e. The van der Waals surface area contributed by atoms with Gasteiger partial charge in [-0.05, 0) is 42.5 Å². The standard InChI is InChI=1S/C40H26N6/c1-4-13-27(14-5-1)38-42-39(28-15-6-2-7-16-28)44-40(43-38)29-17-12-20-31(25-29)46-35-22-11-10-21-32(35)33-23-24-34-37(36(33)46)45(26-41-34)30-18-8-3-9-19-30/h1-26H. The van der Waals surface area contributed by atoms with Crippen LogP contribution in [0.15, 0.2) is 158 Å². The number of fused-ring (bicyclic) bond motifs is 5. The molecular formula is C40H26N6. The summed E-state index contributed by atoms with van der Waals surface area (Å²) in [5.74, 6) is 1.90. The first-order valence-corrected chi connectivity index (χ1v) is 15.2. The number of rotatable bonds is 5. The molecule has 0 atom stereocenters. The highest BCUT2D eigenvalue weighted by Gasteiger charge is 2.19. The molecule has 9 rings (SSSR count). The third kappa shape index (κ3) is 4.27. The third-order valence-electron chi connectivity index (χ3n) is 8.44. The fourth-order valence-electron chi connectivity index (χ4n) is 6.32. The summed E-state index contributed by atoms with van der Waals surface area (Å²) >= 11 is 0. The summed E-state index contributed by atoms with van der Waals surface area (Å²) in [6.45, 7) is 0. The topological polar surface area (TPSA) is 61.4 Å². The Morgan fingerprint density at radius 1 is 0.413 bits per heavy atom. The van der Waals surface area contributed by atoms with E-state index in [1.807, 2.05) is 73.1 Å². The lowest BCUT2D eigenvalue weighted by molar-refractivity contribution is 1.07. The number of imidazole rings is 1. The summed E-state index contributed by atoms with van der Waals surface area (Å²) in [6.07, 6.45) is 1.92. The molecule has 0 aliphatic carbocycles. The van der Waals surface area contributed by atoms with Crippen molar-refractivity contribution in [2.45, 2.75) is 0 Å². The second-order valence-electron chi connectivity index (χ2n) is 11.2. The van der Waals surface area contributed by atoms with Crippen LogP contribution in [0, 0.1) is 0 Å². The number of benzene rings is 6. The largest absolute Gasteiger partial charge is 0.307 e. The first-order chi connectivity index (χ1) is 22.8. The molecule has 46 heavy (non-hydrogen) atoms. The summed E-state index contributed by atoms with van der Waals surface area (Å²) in [4.78, 5) is 19.7. The summed E-state index contributed by atoms with van der Waals surface area (Å²) in [7, 11) is 0. The highest BCUT2D eigenvalue weighted by atomic mass is 15.1. The van der Waals surface area contributed by atoms with E-state index in [-0.39, 0.29) is 0 Å².